The summed E-state index contributed by atoms with van der Waals surface area (Å²) in [4.78, 5) is 20.7. The third-order valence-electron chi connectivity index (χ3n) is 3.27. The number of carboxylic acids is 2. The van der Waals surface area contributed by atoms with Gasteiger partial charge in [0.15, 0.2) is 5.54 Å². The summed E-state index contributed by atoms with van der Waals surface area (Å²) in [5, 5.41) is 18.8. The summed E-state index contributed by atoms with van der Waals surface area (Å²) >= 11 is 0. The molecule has 0 unspecified atom stereocenters. The van der Waals surface area contributed by atoms with E-state index in [-0.39, 0.29) is 5.56 Å². The Morgan fingerprint density at radius 1 is 1.11 bits per heavy atom. The molecule has 4 N–H and O–H groups in total. The molecule has 0 amide bonds. The van der Waals surface area contributed by atoms with Gasteiger partial charge in [0, 0.05) is 12.8 Å². The molecular weight excluding hydrogens is 246 g/mol. The van der Waals surface area contributed by atoms with Gasteiger partial charge in [0.25, 0.3) is 0 Å². The van der Waals surface area contributed by atoms with E-state index in [0.717, 1.165) is 25.7 Å². The Morgan fingerprint density at radius 3 is 1.95 bits per heavy atom. The lowest BCUT2D eigenvalue weighted by Gasteiger charge is -2.24. The summed E-state index contributed by atoms with van der Waals surface area (Å²) in [7, 11) is 0. The molecule has 0 aliphatic heterocycles. The van der Waals surface area contributed by atoms with Crippen LogP contribution in [-0.2, 0) is 4.79 Å². The van der Waals surface area contributed by atoms with E-state index in [1.165, 1.54) is 18.6 Å². The van der Waals surface area contributed by atoms with Crippen LogP contribution in [0.5, 0.6) is 0 Å². The van der Waals surface area contributed by atoms with Crippen molar-refractivity contribution >= 4 is 11.9 Å². The Labute approximate surface area is 112 Å². The third-order valence-corrected chi connectivity index (χ3v) is 3.27. The monoisotopic (exact) mass is 265 g/mol. The van der Waals surface area contributed by atoms with E-state index >= 15 is 0 Å². The number of aromatic carboxylic acids is 1. The minimum atomic E-state index is -1.13. The lowest BCUT2D eigenvalue weighted by molar-refractivity contribution is -0.468. The zero-order valence-corrected chi connectivity index (χ0v) is 10.8. The van der Waals surface area contributed by atoms with Crippen LogP contribution in [0.4, 0.5) is 0 Å². The Kier molecular flexibility index (Phi) is 5.51. The van der Waals surface area contributed by atoms with E-state index in [9.17, 15) is 14.7 Å². The summed E-state index contributed by atoms with van der Waals surface area (Å²) in [5.41, 5.74) is 3.29. The van der Waals surface area contributed by atoms with Gasteiger partial charge in [-0.2, -0.15) is 0 Å². The van der Waals surface area contributed by atoms with Gasteiger partial charge in [-0.1, -0.05) is 36.8 Å². The molecule has 0 bridgehead atoms. The van der Waals surface area contributed by atoms with E-state index in [0.29, 0.717) is 0 Å². The zero-order valence-electron chi connectivity index (χ0n) is 10.8. The third kappa shape index (κ3) is 4.71. The van der Waals surface area contributed by atoms with Crippen LogP contribution < -0.4 is 10.8 Å². The number of carbonyl (C=O) groups excluding carboxylic acids is 1. The van der Waals surface area contributed by atoms with Gasteiger partial charge in [0.2, 0.25) is 0 Å². The first-order valence-electron chi connectivity index (χ1n) is 6.31. The number of carbonyl (C=O) groups is 2. The van der Waals surface area contributed by atoms with Gasteiger partial charge in [0.1, 0.15) is 0 Å². The van der Waals surface area contributed by atoms with Crippen LogP contribution in [0.1, 0.15) is 42.5 Å². The number of rotatable bonds is 2. The van der Waals surface area contributed by atoms with Crippen LogP contribution in [0.15, 0.2) is 30.3 Å². The van der Waals surface area contributed by atoms with Gasteiger partial charge < -0.3 is 20.7 Å². The van der Waals surface area contributed by atoms with Crippen molar-refractivity contribution in [3.8, 4) is 0 Å². The molecule has 5 heteroatoms. The maximum atomic E-state index is 10.6. The number of carboxylic acid groups (broad SMARTS) is 2. The van der Waals surface area contributed by atoms with Crippen molar-refractivity contribution in [3.63, 3.8) is 0 Å². The summed E-state index contributed by atoms with van der Waals surface area (Å²) in [5.74, 6) is -1.86. The summed E-state index contributed by atoms with van der Waals surface area (Å²) in [6.45, 7) is 0. The average molecular weight is 265 g/mol. The molecular formula is C14H19NO4. The summed E-state index contributed by atoms with van der Waals surface area (Å²) in [6.07, 6.45) is 4.72. The number of benzene rings is 1. The van der Waals surface area contributed by atoms with Crippen LogP contribution in [0.25, 0.3) is 0 Å². The quantitative estimate of drug-likeness (QED) is 0.789. The van der Waals surface area contributed by atoms with Gasteiger partial charge in [0.05, 0.1) is 5.97 Å². The molecule has 1 aliphatic carbocycles. The van der Waals surface area contributed by atoms with Crippen molar-refractivity contribution in [2.75, 3.05) is 0 Å². The molecule has 104 valence electrons. The molecule has 0 spiro atoms. The van der Waals surface area contributed by atoms with E-state index in [1.54, 1.807) is 18.2 Å². The van der Waals surface area contributed by atoms with Crippen molar-refractivity contribution in [2.24, 2.45) is 0 Å². The molecule has 1 fully saturated rings. The lowest BCUT2D eigenvalue weighted by Crippen LogP contribution is -2.77. The number of aliphatic carboxylic acids is 1. The molecule has 0 radical (unpaired) electrons. The van der Waals surface area contributed by atoms with E-state index in [2.05, 4.69) is 5.73 Å². The topological polar surface area (TPSA) is 105 Å². The molecule has 5 nitrogen and oxygen atoms in total. The molecule has 0 heterocycles. The first-order valence-corrected chi connectivity index (χ1v) is 6.31. The maximum absolute atomic E-state index is 10.6. The van der Waals surface area contributed by atoms with Gasteiger partial charge in [-0.3, -0.25) is 0 Å². The smallest absolute Gasteiger partial charge is 0.365 e. The Hall–Kier alpha value is -1.88. The fourth-order valence-corrected chi connectivity index (χ4v) is 2.02. The number of hydrogen-bond acceptors (Lipinski definition) is 3. The van der Waals surface area contributed by atoms with Crippen LogP contribution >= 0.6 is 0 Å². The second kappa shape index (κ2) is 6.89. The van der Waals surface area contributed by atoms with Crippen molar-refractivity contribution in [1.29, 1.82) is 0 Å². The Morgan fingerprint density at radius 2 is 1.63 bits per heavy atom. The molecule has 0 atom stereocenters. The molecule has 2 rings (SSSR count). The predicted octanol–water partition coefficient (Wildman–Crippen LogP) is 0.0659. The second-order valence-corrected chi connectivity index (χ2v) is 4.80. The van der Waals surface area contributed by atoms with Gasteiger partial charge in [-0.15, -0.1) is 0 Å². The Bertz CT molecular complexity index is 424. The lowest BCUT2D eigenvalue weighted by atomic mass is 9.83. The standard InChI is InChI=1S/C7H13NO2.C7H6O2/c8-7(6(9)10)4-2-1-3-5-7;8-7(9)6-4-2-1-3-5-6/h1-5,8H2,(H,9,10);1-5H,(H,8,9). The van der Waals surface area contributed by atoms with Crippen LogP contribution in [0.3, 0.4) is 0 Å². The fraction of sp³-hybridized carbons (Fsp3) is 0.429. The van der Waals surface area contributed by atoms with Crippen molar-refractivity contribution < 1.29 is 25.5 Å². The van der Waals surface area contributed by atoms with Crippen molar-refractivity contribution in [3.05, 3.63) is 35.9 Å². The normalized spacial score (nSPS) is 16.9. The Balaban J connectivity index is 0.000000191. The highest BCUT2D eigenvalue weighted by Gasteiger charge is 2.39. The summed E-state index contributed by atoms with van der Waals surface area (Å²) in [6, 6.07) is 8.06. The van der Waals surface area contributed by atoms with Crippen LogP contribution in [0.2, 0.25) is 0 Å². The van der Waals surface area contributed by atoms with Gasteiger partial charge >= 0.3 is 5.97 Å². The molecule has 1 saturated carbocycles. The first-order chi connectivity index (χ1) is 8.96. The highest BCUT2D eigenvalue weighted by Crippen LogP contribution is 2.23. The summed E-state index contributed by atoms with van der Waals surface area (Å²) < 4.78 is 0. The van der Waals surface area contributed by atoms with Crippen LogP contribution in [-0.4, -0.2) is 22.6 Å². The first kappa shape index (κ1) is 15.2. The predicted molar refractivity (Wildman–Crippen MR) is 67.1 cm³/mol. The number of quaternary nitrogens is 1. The van der Waals surface area contributed by atoms with Crippen LogP contribution in [0, 0.1) is 0 Å². The highest BCUT2D eigenvalue weighted by atomic mass is 16.4. The fourth-order valence-electron chi connectivity index (χ4n) is 2.02. The van der Waals surface area contributed by atoms with E-state index < -0.39 is 17.5 Å². The van der Waals surface area contributed by atoms with Gasteiger partial charge in [-0.05, 0) is 18.4 Å². The average Bonchev–Trinajstić information content (AvgIpc) is 2.41. The molecule has 1 aromatic rings. The largest absolute Gasteiger partial charge is 0.545 e. The number of hydrogen-bond donors (Lipinski definition) is 2. The van der Waals surface area contributed by atoms with E-state index in [1.807, 2.05) is 0 Å². The highest BCUT2D eigenvalue weighted by molar-refractivity contribution is 5.85. The molecule has 1 aromatic carbocycles. The molecule has 0 aromatic heterocycles. The molecule has 1 aliphatic rings. The second-order valence-electron chi connectivity index (χ2n) is 4.80. The van der Waals surface area contributed by atoms with Crippen molar-refractivity contribution in [1.82, 2.24) is 0 Å². The maximum Gasteiger partial charge on any atom is 0.365 e. The minimum absolute atomic E-state index is 0.220. The van der Waals surface area contributed by atoms with Gasteiger partial charge in [-0.25, -0.2) is 4.79 Å². The molecule has 0 saturated heterocycles. The SMILES string of the molecule is O=C([O-])c1ccccc1.[NH3+]C1(C(=O)O)CCCCC1. The zero-order chi connectivity index (χ0) is 14.3. The minimum Gasteiger partial charge on any atom is -0.545 e. The van der Waals surface area contributed by atoms with Crippen molar-refractivity contribution in [2.45, 2.75) is 37.6 Å². The molecule has 19 heavy (non-hydrogen) atoms. The van der Waals surface area contributed by atoms with E-state index in [4.69, 9.17) is 5.11 Å².